The molecule has 1 heterocycles. The number of carbonyl (C=O) groups is 2. The molecular weight excluding hydrogens is 240 g/mol. The SMILES string of the molecule is CCOC(=O)c1nc(N(C)CC)sc1C(C)=O. The Kier molecular flexibility index (Phi) is 4.62. The highest BCUT2D eigenvalue weighted by Gasteiger charge is 2.23. The molecule has 0 radical (unpaired) electrons. The number of anilines is 1. The van der Waals surface area contributed by atoms with Gasteiger partial charge in [0.25, 0.3) is 0 Å². The van der Waals surface area contributed by atoms with Crippen molar-refractivity contribution in [3.8, 4) is 0 Å². The summed E-state index contributed by atoms with van der Waals surface area (Å²) in [5, 5.41) is 0.653. The highest BCUT2D eigenvalue weighted by Crippen LogP contribution is 2.26. The topological polar surface area (TPSA) is 59.5 Å². The molecule has 1 rings (SSSR count). The molecule has 0 aromatic carbocycles. The maximum absolute atomic E-state index is 11.6. The zero-order valence-electron chi connectivity index (χ0n) is 10.4. The fourth-order valence-corrected chi connectivity index (χ4v) is 2.16. The van der Waals surface area contributed by atoms with E-state index < -0.39 is 5.97 Å². The van der Waals surface area contributed by atoms with Gasteiger partial charge in [-0.15, -0.1) is 0 Å². The van der Waals surface area contributed by atoms with Crippen molar-refractivity contribution >= 4 is 28.2 Å². The lowest BCUT2D eigenvalue weighted by atomic mass is 10.3. The Morgan fingerprint density at radius 1 is 1.41 bits per heavy atom. The van der Waals surface area contributed by atoms with Crippen LogP contribution in [0.2, 0.25) is 0 Å². The van der Waals surface area contributed by atoms with Gasteiger partial charge in [-0.3, -0.25) is 4.79 Å². The second kappa shape index (κ2) is 5.77. The standard InChI is InChI=1S/C11H16N2O3S/c1-5-13(4)11-12-8(10(15)16-6-2)9(17-11)7(3)14/h5-6H2,1-4H3. The smallest absolute Gasteiger partial charge is 0.358 e. The van der Waals surface area contributed by atoms with Gasteiger partial charge in [0, 0.05) is 20.5 Å². The van der Waals surface area contributed by atoms with Crippen LogP contribution in [0.5, 0.6) is 0 Å². The number of ether oxygens (including phenoxy) is 1. The van der Waals surface area contributed by atoms with Gasteiger partial charge in [-0.05, 0) is 13.8 Å². The lowest BCUT2D eigenvalue weighted by Crippen LogP contribution is -2.16. The lowest BCUT2D eigenvalue weighted by Gasteiger charge is -2.11. The summed E-state index contributed by atoms with van der Waals surface area (Å²) in [7, 11) is 1.86. The fraction of sp³-hybridized carbons (Fsp3) is 0.545. The Morgan fingerprint density at radius 2 is 2.06 bits per heavy atom. The number of Topliss-reactive ketones (excluding diaryl/α,β-unsaturated/α-hetero) is 1. The minimum atomic E-state index is -0.537. The van der Waals surface area contributed by atoms with Gasteiger partial charge >= 0.3 is 5.97 Å². The summed E-state index contributed by atoms with van der Waals surface area (Å²) in [6.45, 7) is 6.14. The number of carbonyl (C=O) groups excluding carboxylic acids is 2. The number of hydrogen-bond donors (Lipinski definition) is 0. The molecule has 17 heavy (non-hydrogen) atoms. The number of nitrogens with zero attached hydrogens (tertiary/aromatic N) is 2. The van der Waals surface area contributed by atoms with Gasteiger partial charge in [-0.2, -0.15) is 0 Å². The third-order valence-corrected chi connectivity index (χ3v) is 3.48. The molecule has 0 saturated carbocycles. The first-order valence-corrected chi connectivity index (χ1v) is 6.22. The van der Waals surface area contributed by atoms with Gasteiger partial charge in [0.15, 0.2) is 16.6 Å². The fourth-order valence-electron chi connectivity index (χ4n) is 1.18. The largest absolute Gasteiger partial charge is 0.461 e. The van der Waals surface area contributed by atoms with E-state index in [1.807, 2.05) is 18.9 Å². The molecule has 0 aliphatic rings. The maximum atomic E-state index is 11.6. The summed E-state index contributed by atoms with van der Waals surface area (Å²) in [4.78, 5) is 29.5. The number of rotatable bonds is 5. The average molecular weight is 256 g/mol. The Labute approximate surface area is 104 Å². The van der Waals surface area contributed by atoms with Crippen LogP contribution in [0, 0.1) is 0 Å². The molecule has 0 aliphatic heterocycles. The van der Waals surface area contributed by atoms with Crippen molar-refractivity contribution in [2.75, 3.05) is 25.1 Å². The van der Waals surface area contributed by atoms with Crippen LogP contribution in [0.15, 0.2) is 0 Å². The van der Waals surface area contributed by atoms with Crippen LogP contribution in [0.3, 0.4) is 0 Å². The molecule has 1 aromatic heterocycles. The van der Waals surface area contributed by atoms with E-state index in [1.54, 1.807) is 6.92 Å². The summed E-state index contributed by atoms with van der Waals surface area (Å²) in [6, 6.07) is 0. The Morgan fingerprint density at radius 3 is 2.53 bits per heavy atom. The van der Waals surface area contributed by atoms with Gasteiger partial charge < -0.3 is 9.64 Å². The molecule has 5 nitrogen and oxygen atoms in total. The molecule has 0 atom stereocenters. The molecule has 1 aromatic rings. The molecule has 0 aliphatic carbocycles. The molecule has 0 fully saturated rings. The molecule has 0 unspecified atom stereocenters. The molecule has 0 saturated heterocycles. The van der Waals surface area contributed by atoms with Crippen LogP contribution in [-0.4, -0.2) is 36.9 Å². The third-order valence-electron chi connectivity index (χ3n) is 2.21. The van der Waals surface area contributed by atoms with E-state index in [0.29, 0.717) is 10.0 Å². The van der Waals surface area contributed by atoms with E-state index >= 15 is 0 Å². The van der Waals surface area contributed by atoms with E-state index in [2.05, 4.69) is 4.98 Å². The van der Waals surface area contributed by atoms with Crippen LogP contribution in [0.25, 0.3) is 0 Å². The van der Waals surface area contributed by atoms with Gasteiger partial charge in [-0.1, -0.05) is 11.3 Å². The van der Waals surface area contributed by atoms with Crippen LogP contribution in [-0.2, 0) is 4.74 Å². The number of ketones is 1. The molecular formula is C11H16N2O3S. The summed E-state index contributed by atoms with van der Waals surface area (Å²) >= 11 is 1.22. The van der Waals surface area contributed by atoms with Crippen LogP contribution in [0.4, 0.5) is 5.13 Å². The quantitative estimate of drug-likeness (QED) is 0.595. The highest BCUT2D eigenvalue weighted by molar-refractivity contribution is 7.17. The van der Waals surface area contributed by atoms with E-state index in [4.69, 9.17) is 4.74 Å². The third kappa shape index (κ3) is 3.03. The molecule has 6 heteroatoms. The number of esters is 1. The van der Waals surface area contributed by atoms with E-state index in [-0.39, 0.29) is 18.1 Å². The van der Waals surface area contributed by atoms with Gasteiger partial charge in [0.2, 0.25) is 0 Å². The molecule has 0 bridgehead atoms. The van der Waals surface area contributed by atoms with Crippen molar-refractivity contribution < 1.29 is 14.3 Å². The summed E-state index contributed by atoms with van der Waals surface area (Å²) < 4.78 is 4.88. The Balaban J connectivity index is 3.14. The minimum Gasteiger partial charge on any atom is -0.461 e. The average Bonchev–Trinajstić information content (AvgIpc) is 2.73. The van der Waals surface area contributed by atoms with Crippen LogP contribution < -0.4 is 4.90 Å². The van der Waals surface area contributed by atoms with Crippen molar-refractivity contribution in [2.24, 2.45) is 0 Å². The predicted octanol–water partition coefficient (Wildman–Crippen LogP) is 1.98. The molecule has 0 amide bonds. The van der Waals surface area contributed by atoms with Crippen LogP contribution in [0.1, 0.15) is 40.9 Å². The number of aromatic nitrogens is 1. The van der Waals surface area contributed by atoms with E-state index in [1.165, 1.54) is 18.3 Å². The first-order valence-electron chi connectivity index (χ1n) is 5.41. The van der Waals surface area contributed by atoms with Crippen molar-refractivity contribution in [2.45, 2.75) is 20.8 Å². The van der Waals surface area contributed by atoms with Crippen molar-refractivity contribution in [1.82, 2.24) is 4.98 Å². The molecule has 0 N–H and O–H groups in total. The van der Waals surface area contributed by atoms with E-state index in [0.717, 1.165) is 6.54 Å². The molecule has 0 spiro atoms. The first kappa shape index (κ1) is 13.6. The summed E-state index contributed by atoms with van der Waals surface area (Å²) in [5.41, 5.74) is 0.125. The normalized spacial score (nSPS) is 10.1. The second-order valence-corrected chi connectivity index (χ2v) is 4.44. The maximum Gasteiger partial charge on any atom is 0.358 e. The lowest BCUT2D eigenvalue weighted by molar-refractivity contribution is 0.0517. The number of thiazole rings is 1. The highest BCUT2D eigenvalue weighted by atomic mass is 32.1. The molecule has 94 valence electrons. The van der Waals surface area contributed by atoms with Crippen molar-refractivity contribution in [3.05, 3.63) is 10.6 Å². The predicted molar refractivity (Wildman–Crippen MR) is 67.0 cm³/mol. The minimum absolute atomic E-state index is 0.125. The van der Waals surface area contributed by atoms with Crippen molar-refractivity contribution in [1.29, 1.82) is 0 Å². The monoisotopic (exact) mass is 256 g/mol. The Bertz CT molecular complexity index is 428. The van der Waals surface area contributed by atoms with Gasteiger partial charge in [0.05, 0.1) is 6.61 Å². The zero-order valence-corrected chi connectivity index (χ0v) is 11.3. The number of hydrogen-bond acceptors (Lipinski definition) is 6. The van der Waals surface area contributed by atoms with Gasteiger partial charge in [0.1, 0.15) is 4.88 Å². The first-order chi connectivity index (χ1) is 8.01. The van der Waals surface area contributed by atoms with E-state index in [9.17, 15) is 9.59 Å². The van der Waals surface area contributed by atoms with Crippen molar-refractivity contribution in [3.63, 3.8) is 0 Å². The van der Waals surface area contributed by atoms with Gasteiger partial charge in [-0.25, -0.2) is 9.78 Å². The van der Waals surface area contributed by atoms with Crippen LogP contribution >= 0.6 is 11.3 Å². The summed E-state index contributed by atoms with van der Waals surface area (Å²) in [6.07, 6.45) is 0. The second-order valence-electron chi connectivity index (χ2n) is 3.47. The zero-order chi connectivity index (χ0) is 13.0. The Hall–Kier alpha value is -1.43. The summed E-state index contributed by atoms with van der Waals surface area (Å²) in [5.74, 6) is -0.703.